The van der Waals surface area contributed by atoms with E-state index >= 15 is 0 Å². The molecule has 5 nitrogen and oxygen atoms in total. The van der Waals surface area contributed by atoms with Crippen LogP contribution in [0, 0.1) is 5.92 Å². The topological polar surface area (TPSA) is 58.6 Å². The lowest BCUT2D eigenvalue weighted by atomic mass is 10.1. The van der Waals surface area contributed by atoms with Crippen LogP contribution in [0.15, 0.2) is 24.3 Å². The van der Waals surface area contributed by atoms with E-state index < -0.39 is 5.92 Å². The number of hydrogen-bond acceptors (Lipinski definition) is 3. The fourth-order valence-corrected chi connectivity index (χ4v) is 2.58. The molecule has 1 atom stereocenters. The summed E-state index contributed by atoms with van der Waals surface area (Å²) in [6.07, 6.45) is 1.29. The molecule has 1 saturated heterocycles. The molecule has 1 fully saturated rings. The average Bonchev–Trinajstić information content (AvgIpc) is 2.89. The maximum Gasteiger partial charge on any atom is 0.239 e. The van der Waals surface area contributed by atoms with E-state index in [2.05, 4.69) is 5.32 Å². The molecule has 0 bridgehead atoms. The highest BCUT2D eigenvalue weighted by molar-refractivity contribution is 6.30. The summed E-state index contributed by atoms with van der Waals surface area (Å²) < 4.78 is 5.21. The molecule has 1 N–H and O–H groups in total. The second-order valence-corrected chi connectivity index (χ2v) is 5.59. The second kappa shape index (κ2) is 8.15. The Balaban J connectivity index is 1.85. The number of benzene rings is 1. The molecule has 1 aromatic rings. The van der Waals surface area contributed by atoms with Crippen LogP contribution < -0.4 is 10.2 Å². The van der Waals surface area contributed by atoms with E-state index in [0.717, 1.165) is 12.1 Å². The molecular weight excluding hydrogens is 304 g/mol. The van der Waals surface area contributed by atoms with Crippen LogP contribution in [0.2, 0.25) is 5.02 Å². The Kier molecular flexibility index (Phi) is 6.21. The number of carbonyl (C=O) groups excluding carboxylic acids is 2. The van der Waals surface area contributed by atoms with Gasteiger partial charge in [-0.1, -0.05) is 11.6 Å². The Morgan fingerprint density at radius 3 is 2.82 bits per heavy atom. The molecule has 1 heterocycles. The molecule has 0 spiro atoms. The van der Waals surface area contributed by atoms with Crippen LogP contribution in [0.1, 0.15) is 19.8 Å². The van der Waals surface area contributed by atoms with Gasteiger partial charge in [0.05, 0.1) is 0 Å². The zero-order valence-electron chi connectivity index (χ0n) is 12.7. The van der Waals surface area contributed by atoms with Crippen LogP contribution >= 0.6 is 11.6 Å². The van der Waals surface area contributed by atoms with E-state index in [1.165, 1.54) is 0 Å². The summed E-state index contributed by atoms with van der Waals surface area (Å²) >= 11 is 5.85. The Hall–Kier alpha value is -1.59. The maximum atomic E-state index is 12.4. The van der Waals surface area contributed by atoms with Gasteiger partial charge < -0.3 is 15.0 Å². The van der Waals surface area contributed by atoms with Crippen molar-refractivity contribution in [1.29, 1.82) is 0 Å². The molecule has 0 unspecified atom stereocenters. The lowest BCUT2D eigenvalue weighted by Gasteiger charge is -2.16. The monoisotopic (exact) mass is 324 g/mol. The van der Waals surface area contributed by atoms with E-state index in [4.69, 9.17) is 16.3 Å². The maximum absolute atomic E-state index is 12.4. The zero-order chi connectivity index (χ0) is 15.9. The van der Waals surface area contributed by atoms with Crippen molar-refractivity contribution < 1.29 is 14.3 Å². The van der Waals surface area contributed by atoms with Crippen molar-refractivity contribution in [1.82, 2.24) is 5.32 Å². The quantitative estimate of drug-likeness (QED) is 0.618. The number of hydrogen-bond donors (Lipinski definition) is 1. The molecule has 120 valence electrons. The first kappa shape index (κ1) is 16.8. The van der Waals surface area contributed by atoms with Gasteiger partial charge in [-0.15, -0.1) is 0 Å². The second-order valence-electron chi connectivity index (χ2n) is 5.15. The van der Waals surface area contributed by atoms with Gasteiger partial charge in [-0.25, -0.2) is 0 Å². The first-order valence-corrected chi connectivity index (χ1v) is 7.93. The highest BCUT2D eigenvalue weighted by Gasteiger charge is 2.37. The Bertz CT molecular complexity index is 519. The lowest BCUT2D eigenvalue weighted by molar-refractivity contribution is -0.132. The number of nitrogens with zero attached hydrogens (tertiary/aromatic N) is 1. The first-order valence-electron chi connectivity index (χ1n) is 7.56. The molecule has 2 rings (SSSR count). The summed E-state index contributed by atoms with van der Waals surface area (Å²) in [7, 11) is 0. The van der Waals surface area contributed by atoms with Gasteiger partial charge in [-0.3, -0.25) is 9.59 Å². The van der Waals surface area contributed by atoms with Crippen molar-refractivity contribution in [3.8, 4) is 0 Å². The molecule has 1 aromatic carbocycles. The molecule has 0 aliphatic carbocycles. The third-order valence-electron chi connectivity index (χ3n) is 3.63. The van der Waals surface area contributed by atoms with Crippen molar-refractivity contribution in [2.75, 3.05) is 31.2 Å². The largest absolute Gasteiger partial charge is 0.382 e. The average molecular weight is 325 g/mol. The highest BCUT2D eigenvalue weighted by Crippen LogP contribution is 2.26. The van der Waals surface area contributed by atoms with E-state index in [1.807, 2.05) is 6.92 Å². The van der Waals surface area contributed by atoms with Gasteiger partial charge in [0, 0.05) is 37.0 Å². The van der Waals surface area contributed by atoms with Crippen molar-refractivity contribution in [3.05, 3.63) is 29.3 Å². The predicted molar refractivity (Wildman–Crippen MR) is 86.0 cm³/mol. The van der Waals surface area contributed by atoms with Crippen molar-refractivity contribution in [2.45, 2.75) is 19.8 Å². The van der Waals surface area contributed by atoms with Crippen LogP contribution in [0.25, 0.3) is 0 Å². The van der Waals surface area contributed by atoms with E-state index in [9.17, 15) is 9.59 Å². The summed E-state index contributed by atoms with van der Waals surface area (Å²) in [4.78, 5) is 26.1. The highest BCUT2D eigenvalue weighted by atomic mass is 35.5. The van der Waals surface area contributed by atoms with Crippen LogP contribution in [0.4, 0.5) is 5.69 Å². The van der Waals surface area contributed by atoms with Crippen LogP contribution in [0.5, 0.6) is 0 Å². The summed E-state index contributed by atoms with van der Waals surface area (Å²) in [6.45, 7) is 4.31. The fourth-order valence-electron chi connectivity index (χ4n) is 2.45. The normalized spacial score (nSPS) is 17.8. The Labute approximate surface area is 135 Å². The molecule has 22 heavy (non-hydrogen) atoms. The molecule has 1 aliphatic rings. The molecule has 0 aromatic heterocycles. The van der Waals surface area contributed by atoms with Gasteiger partial charge in [-0.05, 0) is 44.0 Å². The molecular formula is C16H21ClN2O3. The predicted octanol–water partition coefficient (Wildman–Crippen LogP) is 2.24. The van der Waals surface area contributed by atoms with Gasteiger partial charge in [-0.2, -0.15) is 0 Å². The van der Waals surface area contributed by atoms with E-state index in [-0.39, 0.29) is 11.8 Å². The van der Waals surface area contributed by atoms with E-state index in [1.54, 1.807) is 29.2 Å². The first-order chi connectivity index (χ1) is 10.6. The summed E-state index contributed by atoms with van der Waals surface area (Å²) in [5, 5.41) is 3.43. The standard InChI is InChI=1S/C16H21ClN2O3/c1-2-22-11-3-9-18-15(20)14-8-10-19(16(14)21)13-6-4-12(17)5-7-13/h4-7,14H,2-3,8-11H2,1H3,(H,18,20)/t14-/m1/s1. The Morgan fingerprint density at radius 2 is 2.14 bits per heavy atom. The third kappa shape index (κ3) is 4.21. The lowest BCUT2D eigenvalue weighted by Crippen LogP contribution is -2.37. The van der Waals surface area contributed by atoms with Gasteiger partial charge in [0.15, 0.2) is 0 Å². The van der Waals surface area contributed by atoms with Crippen molar-refractivity contribution in [3.63, 3.8) is 0 Å². The summed E-state index contributed by atoms with van der Waals surface area (Å²) in [5.41, 5.74) is 0.779. The molecule has 0 radical (unpaired) electrons. The van der Waals surface area contributed by atoms with Gasteiger partial charge in [0.2, 0.25) is 11.8 Å². The number of halogens is 1. The van der Waals surface area contributed by atoms with Gasteiger partial charge in [0.25, 0.3) is 0 Å². The number of nitrogens with one attached hydrogen (secondary N) is 1. The van der Waals surface area contributed by atoms with Crippen LogP contribution in [-0.2, 0) is 14.3 Å². The summed E-state index contributed by atoms with van der Waals surface area (Å²) in [6, 6.07) is 7.07. The summed E-state index contributed by atoms with van der Waals surface area (Å²) in [5.74, 6) is -0.939. The molecule has 6 heteroatoms. The van der Waals surface area contributed by atoms with Gasteiger partial charge >= 0.3 is 0 Å². The minimum atomic E-state index is -0.595. The number of anilines is 1. The number of amides is 2. The van der Waals surface area contributed by atoms with Gasteiger partial charge in [0.1, 0.15) is 5.92 Å². The number of ether oxygens (including phenoxy) is 1. The number of rotatable bonds is 7. The minimum Gasteiger partial charge on any atom is -0.382 e. The van der Waals surface area contributed by atoms with Crippen molar-refractivity contribution in [2.24, 2.45) is 5.92 Å². The molecule has 2 amide bonds. The number of carbonyl (C=O) groups is 2. The molecule has 0 saturated carbocycles. The van der Waals surface area contributed by atoms with Crippen LogP contribution in [0.3, 0.4) is 0 Å². The van der Waals surface area contributed by atoms with Crippen molar-refractivity contribution >= 4 is 29.1 Å². The smallest absolute Gasteiger partial charge is 0.239 e. The SMILES string of the molecule is CCOCCCNC(=O)[C@H]1CCN(c2ccc(Cl)cc2)C1=O. The zero-order valence-corrected chi connectivity index (χ0v) is 13.4. The Morgan fingerprint density at radius 1 is 1.41 bits per heavy atom. The minimum absolute atomic E-state index is 0.148. The third-order valence-corrected chi connectivity index (χ3v) is 3.88. The fraction of sp³-hybridized carbons (Fsp3) is 0.500. The van der Waals surface area contributed by atoms with Crippen LogP contribution in [-0.4, -0.2) is 38.1 Å². The van der Waals surface area contributed by atoms with E-state index in [0.29, 0.717) is 37.7 Å². The molecule has 1 aliphatic heterocycles.